The third kappa shape index (κ3) is 2.03. The first-order valence-electron chi connectivity index (χ1n) is 5.10. The molecule has 0 aliphatic carbocycles. The van der Waals surface area contributed by atoms with Crippen LogP contribution < -0.4 is 11.5 Å². The van der Waals surface area contributed by atoms with E-state index in [0.717, 1.165) is 0 Å². The van der Waals surface area contributed by atoms with Gasteiger partial charge in [-0.15, -0.1) is 0 Å². The van der Waals surface area contributed by atoms with E-state index in [9.17, 15) is 9.59 Å². The van der Waals surface area contributed by atoms with E-state index >= 15 is 0 Å². The van der Waals surface area contributed by atoms with Crippen LogP contribution >= 0.6 is 0 Å². The number of amides is 2. The highest BCUT2D eigenvalue weighted by Crippen LogP contribution is 2.25. The molecule has 0 saturated carbocycles. The molecular formula is C12H10N4O2. The van der Waals surface area contributed by atoms with Gasteiger partial charge >= 0.3 is 0 Å². The highest BCUT2D eigenvalue weighted by atomic mass is 16.1. The van der Waals surface area contributed by atoms with E-state index < -0.39 is 11.8 Å². The number of primary amides is 2. The van der Waals surface area contributed by atoms with Crippen molar-refractivity contribution in [2.24, 2.45) is 11.5 Å². The molecule has 18 heavy (non-hydrogen) atoms. The first kappa shape index (κ1) is 11.7. The van der Waals surface area contributed by atoms with Crippen molar-refractivity contribution in [1.29, 1.82) is 0 Å². The second-order valence-electron chi connectivity index (χ2n) is 3.55. The molecule has 6 nitrogen and oxygen atoms in total. The van der Waals surface area contributed by atoms with Crippen molar-refractivity contribution in [2.45, 2.75) is 0 Å². The van der Waals surface area contributed by atoms with Crippen LogP contribution in [0.3, 0.4) is 0 Å². The van der Waals surface area contributed by atoms with Gasteiger partial charge in [-0.1, -0.05) is 6.07 Å². The van der Waals surface area contributed by atoms with E-state index in [4.69, 9.17) is 11.5 Å². The molecule has 0 saturated heterocycles. The maximum atomic E-state index is 11.4. The van der Waals surface area contributed by atoms with Gasteiger partial charge in [0.15, 0.2) is 0 Å². The van der Waals surface area contributed by atoms with Crippen molar-refractivity contribution in [2.75, 3.05) is 0 Å². The molecule has 0 aliphatic heterocycles. The lowest BCUT2D eigenvalue weighted by atomic mass is 9.97. The monoisotopic (exact) mass is 242 g/mol. The van der Waals surface area contributed by atoms with Crippen LogP contribution in [0.5, 0.6) is 0 Å². The number of aromatic nitrogens is 2. The van der Waals surface area contributed by atoms with E-state index in [1.54, 1.807) is 6.07 Å². The average Bonchev–Trinajstić information content (AvgIpc) is 2.38. The molecule has 1 aromatic heterocycles. The van der Waals surface area contributed by atoms with Gasteiger partial charge in [0, 0.05) is 29.1 Å². The van der Waals surface area contributed by atoms with Crippen molar-refractivity contribution in [1.82, 2.24) is 9.97 Å². The first-order chi connectivity index (χ1) is 8.61. The number of carbonyl (C=O) groups excluding carboxylic acids is 2. The normalized spacial score (nSPS) is 10.0. The molecule has 4 N–H and O–H groups in total. The van der Waals surface area contributed by atoms with Crippen LogP contribution in [0.25, 0.3) is 11.3 Å². The molecule has 2 amide bonds. The summed E-state index contributed by atoms with van der Waals surface area (Å²) in [5, 5.41) is 0. The van der Waals surface area contributed by atoms with E-state index in [1.807, 2.05) is 0 Å². The predicted octanol–water partition coefficient (Wildman–Crippen LogP) is 0.341. The van der Waals surface area contributed by atoms with Crippen LogP contribution in [0, 0.1) is 0 Å². The van der Waals surface area contributed by atoms with Gasteiger partial charge in [-0.3, -0.25) is 19.6 Å². The minimum atomic E-state index is -0.654. The van der Waals surface area contributed by atoms with Gasteiger partial charge in [-0.2, -0.15) is 0 Å². The van der Waals surface area contributed by atoms with Crippen LogP contribution in [0.4, 0.5) is 0 Å². The van der Waals surface area contributed by atoms with Gasteiger partial charge in [-0.25, -0.2) is 0 Å². The molecule has 0 unspecified atom stereocenters. The zero-order valence-electron chi connectivity index (χ0n) is 9.33. The molecule has 2 rings (SSSR count). The van der Waals surface area contributed by atoms with Crippen LogP contribution in [0.2, 0.25) is 0 Å². The fraction of sp³-hybridized carbons (Fsp3) is 0. The van der Waals surface area contributed by atoms with Gasteiger partial charge in [0.2, 0.25) is 11.8 Å². The Balaban J connectivity index is 2.77. The van der Waals surface area contributed by atoms with Crippen LogP contribution in [0.15, 0.2) is 36.8 Å². The molecule has 0 fully saturated rings. The average molecular weight is 242 g/mol. The Morgan fingerprint density at radius 1 is 1.00 bits per heavy atom. The Hall–Kier alpha value is -2.76. The fourth-order valence-electron chi connectivity index (χ4n) is 1.67. The third-order valence-electron chi connectivity index (χ3n) is 2.41. The summed E-state index contributed by atoms with van der Waals surface area (Å²) in [7, 11) is 0. The van der Waals surface area contributed by atoms with Crippen molar-refractivity contribution in [3.63, 3.8) is 0 Å². The minimum Gasteiger partial charge on any atom is -0.366 e. The molecule has 1 heterocycles. The predicted molar refractivity (Wildman–Crippen MR) is 64.5 cm³/mol. The van der Waals surface area contributed by atoms with E-state index in [1.165, 1.54) is 30.7 Å². The van der Waals surface area contributed by atoms with E-state index in [-0.39, 0.29) is 11.1 Å². The number of nitrogens with two attached hydrogens (primary N) is 2. The summed E-state index contributed by atoms with van der Waals surface area (Å²) in [5.41, 5.74) is 11.6. The number of rotatable bonds is 3. The lowest BCUT2D eigenvalue weighted by molar-refractivity contribution is 0.0999. The van der Waals surface area contributed by atoms with Crippen molar-refractivity contribution >= 4 is 11.8 Å². The lowest BCUT2D eigenvalue weighted by Gasteiger charge is -2.09. The molecule has 1 aromatic carbocycles. The quantitative estimate of drug-likeness (QED) is 0.808. The number of hydrogen-bond acceptors (Lipinski definition) is 4. The summed E-state index contributed by atoms with van der Waals surface area (Å²) in [5.74, 6) is -1.31. The second kappa shape index (κ2) is 4.62. The smallest absolute Gasteiger partial charge is 0.249 e. The van der Waals surface area contributed by atoms with E-state index in [2.05, 4.69) is 9.97 Å². The summed E-state index contributed by atoms with van der Waals surface area (Å²) in [6, 6.07) is 4.57. The Bertz CT molecular complexity index is 578. The highest BCUT2D eigenvalue weighted by Gasteiger charge is 2.18. The first-order valence-corrected chi connectivity index (χ1v) is 5.10. The highest BCUT2D eigenvalue weighted by molar-refractivity contribution is 6.07. The molecule has 0 radical (unpaired) electrons. The molecule has 0 spiro atoms. The third-order valence-corrected chi connectivity index (χ3v) is 2.41. The van der Waals surface area contributed by atoms with Crippen LogP contribution in [-0.4, -0.2) is 21.8 Å². The SMILES string of the molecule is NC(=O)c1cccc(C(N)=O)c1-c1cnccn1. The van der Waals surface area contributed by atoms with Gasteiger partial charge in [0.25, 0.3) is 0 Å². The van der Waals surface area contributed by atoms with Crippen molar-refractivity contribution in [3.05, 3.63) is 47.9 Å². The molecule has 90 valence electrons. The Morgan fingerprint density at radius 2 is 1.61 bits per heavy atom. The molecule has 0 aliphatic rings. The summed E-state index contributed by atoms with van der Waals surface area (Å²) in [4.78, 5) is 30.7. The molecule has 0 bridgehead atoms. The molecule has 2 aromatic rings. The van der Waals surface area contributed by atoms with Crippen LogP contribution in [0.1, 0.15) is 20.7 Å². The summed E-state index contributed by atoms with van der Waals surface area (Å²) in [6.07, 6.45) is 4.38. The van der Waals surface area contributed by atoms with Crippen LogP contribution in [-0.2, 0) is 0 Å². The topological polar surface area (TPSA) is 112 Å². The van der Waals surface area contributed by atoms with Crippen molar-refractivity contribution < 1.29 is 9.59 Å². The summed E-state index contributed by atoms with van der Waals surface area (Å²) < 4.78 is 0. The zero-order chi connectivity index (χ0) is 13.1. The fourth-order valence-corrected chi connectivity index (χ4v) is 1.67. The standard InChI is InChI=1S/C12H10N4O2/c13-11(17)7-2-1-3-8(12(14)18)10(7)9-6-15-4-5-16-9/h1-6H,(H2,13,17)(H2,14,18). The molecule has 6 heteroatoms. The molecule has 0 atom stereocenters. The Labute approximate surface area is 103 Å². The Morgan fingerprint density at radius 3 is 2.06 bits per heavy atom. The number of nitrogens with zero attached hydrogens (tertiary/aromatic N) is 2. The largest absolute Gasteiger partial charge is 0.366 e. The Kier molecular flexibility index (Phi) is 3.01. The van der Waals surface area contributed by atoms with Gasteiger partial charge in [0.05, 0.1) is 11.9 Å². The summed E-state index contributed by atoms with van der Waals surface area (Å²) in [6.45, 7) is 0. The zero-order valence-corrected chi connectivity index (χ0v) is 9.33. The second-order valence-corrected chi connectivity index (χ2v) is 3.55. The summed E-state index contributed by atoms with van der Waals surface area (Å²) >= 11 is 0. The number of carbonyl (C=O) groups is 2. The van der Waals surface area contributed by atoms with E-state index in [0.29, 0.717) is 11.3 Å². The van der Waals surface area contributed by atoms with Gasteiger partial charge in [-0.05, 0) is 12.1 Å². The minimum absolute atomic E-state index is 0.187. The molecular weight excluding hydrogens is 232 g/mol. The van der Waals surface area contributed by atoms with Gasteiger partial charge < -0.3 is 11.5 Å². The van der Waals surface area contributed by atoms with Crippen molar-refractivity contribution in [3.8, 4) is 11.3 Å². The maximum absolute atomic E-state index is 11.4. The van der Waals surface area contributed by atoms with Gasteiger partial charge in [0.1, 0.15) is 0 Å². The number of hydrogen-bond donors (Lipinski definition) is 2. The lowest BCUT2D eigenvalue weighted by Crippen LogP contribution is -2.18. The maximum Gasteiger partial charge on any atom is 0.249 e. The number of benzene rings is 1.